The molecular formula is C22H27N3O2. The highest BCUT2D eigenvalue weighted by molar-refractivity contribution is 5.89. The quantitative estimate of drug-likeness (QED) is 0.767. The van der Waals surface area contributed by atoms with E-state index in [-0.39, 0.29) is 17.9 Å². The molecule has 142 valence electrons. The van der Waals surface area contributed by atoms with Gasteiger partial charge in [-0.3, -0.25) is 4.79 Å². The van der Waals surface area contributed by atoms with Gasteiger partial charge in [-0.05, 0) is 43.4 Å². The number of aryl methyl sites for hydroxylation is 1. The number of nitrogens with one attached hydrogen (secondary N) is 2. The van der Waals surface area contributed by atoms with Gasteiger partial charge in [-0.15, -0.1) is 0 Å². The molecule has 0 atom stereocenters. The van der Waals surface area contributed by atoms with E-state index in [4.69, 9.17) is 0 Å². The van der Waals surface area contributed by atoms with Crippen molar-refractivity contribution in [3.8, 4) is 0 Å². The number of rotatable bonds is 6. The lowest BCUT2D eigenvalue weighted by Gasteiger charge is -2.31. The largest absolute Gasteiger partial charge is 0.356 e. The van der Waals surface area contributed by atoms with Crippen LogP contribution in [-0.4, -0.2) is 36.5 Å². The molecule has 0 spiro atoms. The molecule has 0 bridgehead atoms. The predicted molar refractivity (Wildman–Crippen MR) is 108 cm³/mol. The molecule has 3 rings (SSSR count). The zero-order valence-electron chi connectivity index (χ0n) is 15.6. The van der Waals surface area contributed by atoms with Crippen molar-refractivity contribution in [2.24, 2.45) is 5.92 Å². The summed E-state index contributed by atoms with van der Waals surface area (Å²) in [5, 5.41) is 5.95. The molecule has 0 aliphatic carbocycles. The third kappa shape index (κ3) is 5.84. The first-order valence-corrected chi connectivity index (χ1v) is 9.65. The zero-order valence-corrected chi connectivity index (χ0v) is 15.6. The molecule has 1 aliphatic rings. The second-order valence-electron chi connectivity index (χ2n) is 6.94. The number of carbonyl (C=O) groups is 2. The molecule has 5 nitrogen and oxygen atoms in total. The minimum Gasteiger partial charge on any atom is -0.356 e. The molecule has 2 aromatic carbocycles. The van der Waals surface area contributed by atoms with Crippen LogP contribution in [-0.2, 0) is 11.2 Å². The summed E-state index contributed by atoms with van der Waals surface area (Å²) >= 11 is 0. The predicted octanol–water partition coefficient (Wildman–Crippen LogP) is 3.68. The summed E-state index contributed by atoms with van der Waals surface area (Å²) in [6.07, 6.45) is 3.34. The third-order valence-corrected chi connectivity index (χ3v) is 4.96. The lowest BCUT2D eigenvalue weighted by atomic mass is 9.96. The fraction of sp³-hybridized carbons (Fsp3) is 0.364. The van der Waals surface area contributed by atoms with Crippen LogP contribution in [0.4, 0.5) is 10.5 Å². The number of para-hydroxylation sites is 1. The monoisotopic (exact) mass is 365 g/mol. The number of amides is 3. The van der Waals surface area contributed by atoms with Gasteiger partial charge in [0.15, 0.2) is 0 Å². The van der Waals surface area contributed by atoms with Gasteiger partial charge in [-0.1, -0.05) is 48.5 Å². The highest BCUT2D eigenvalue weighted by Crippen LogP contribution is 2.18. The Labute approximate surface area is 160 Å². The third-order valence-electron chi connectivity index (χ3n) is 4.96. The van der Waals surface area contributed by atoms with Crippen LogP contribution in [0.15, 0.2) is 60.7 Å². The number of hydrogen-bond acceptors (Lipinski definition) is 2. The smallest absolute Gasteiger partial charge is 0.321 e. The Kier molecular flexibility index (Phi) is 6.85. The summed E-state index contributed by atoms with van der Waals surface area (Å²) in [4.78, 5) is 26.4. The van der Waals surface area contributed by atoms with Gasteiger partial charge in [0.2, 0.25) is 5.91 Å². The summed E-state index contributed by atoms with van der Waals surface area (Å²) < 4.78 is 0. The van der Waals surface area contributed by atoms with E-state index in [2.05, 4.69) is 22.8 Å². The summed E-state index contributed by atoms with van der Waals surface area (Å²) in [5.74, 6) is 0.119. The number of carbonyl (C=O) groups excluding carboxylic acids is 2. The van der Waals surface area contributed by atoms with Gasteiger partial charge in [0.1, 0.15) is 0 Å². The van der Waals surface area contributed by atoms with Crippen molar-refractivity contribution in [2.75, 3.05) is 25.0 Å². The van der Waals surface area contributed by atoms with Crippen molar-refractivity contribution in [1.29, 1.82) is 0 Å². The van der Waals surface area contributed by atoms with E-state index >= 15 is 0 Å². The minimum atomic E-state index is -0.0945. The van der Waals surface area contributed by atoms with Gasteiger partial charge in [0, 0.05) is 31.2 Å². The fourth-order valence-electron chi connectivity index (χ4n) is 3.36. The normalized spacial score (nSPS) is 14.6. The first kappa shape index (κ1) is 19.0. The van der Waals surface area contributed by atoms with Crippen LogP contribution in [0.3, 0.4) is 0 Å². The molecule has 1 fully saturated rings. The summed E-state index contributed by atoms with van der Waals surface area (Å²) in [6, 6.07) is 19.6. The fourth-order valence-corrected chi connectivity index (χ4v) is 3.36. The first-order valence-electron chi connectivity index (χ1n) is 9.65. The maximum absolute atomic E-state index is 12.3. The number of nitrogens with zero attached hydrogens (tertiary/aromatic N) is 1. The number of likely N-dealkylation sites (tertiary alicyclic amines) is 1. The summed E-state index contributed by atoms with van der Waals surface area (Å²) in [7, 11) is 0. The second kappa shape index (κ2) is 9.76. The molecule has 0 unspecified atom stereocenters. The molecular weight excluding hydrogens is 338 g/mol. The molecule has 0 saturated carbocycles. The first-order chi connectivity index (χ1) is 13.2. The van der Waals surface area contributed by atoms with E-state index in [0.717, 1.165) is 18.5 Å². The van der Waals surface area contributed by atoms with E-state index in [1.54, 1.807) is 4.90 Å². The molecule has 1 aliphatic heterocycles. The van der Waals surface area contributed by atoms with Crippen molar-refractivity contribution in [2.45, 2.75) is 25.7 Å². The van der Waals surface area contributed by atoms with Crippen LogP contribution in [0.1, 0.15) is 24.8 Å². The molecule has 2 N–H and O–H groups in total. The topological polar surface area (TPSA) is 61.4 Å². The Morgan fingerprint density at radius 1 is 0.926 bits per heavy atom. The van der Waals surface area contributed by atoms with Gasteiger partial charge in [-0.25, -0.2) is 4.79 Å². The van der Waals surface area contributed by atoms with Crippen LogP contribution in [0.2, 0.25) is 0 Å². The Morgan fingerprint density at radius 2 is 1.56 bits per heavy atom. The molecule has 5 heteroatoms. The number of anilines is 1. The number of urea groups is 1. The minimum absolute atomic E-state index is 0.00232. The SMILES string of the molecule is O=C(NCCCc1ccccc1)C1CCN(C(=O)Nc2ccccc2)CC1. The summed E-state index contributed by atoms with van der Waals surface area (Å²) in [6.45, 7) is 1.92. The van der Waals surface area contributed by atoms with Gasteiger partial charge < -0.3 is 15.5 Å². The Bertz CT molecular complexity index is 726. The van der Waals surface area contributed by atoms with Crippen LogP contribution in [0.5, 0.6) is 0 Å². The van der Waals surface area contributed by atoms with Crippen molar-refractivity contribution >= 4 is 17.6 Å². The average molecular weight is 365 g/mol. The molecule has 1 saturated heterocycles. The molecule has 1 heterocycles. The molecule has 0 aromatic heterocycles. The van der Waals surface area contributed by atoms with Crippen molar-refractivity contribution in [3.05, 3.63) is 66.2 Å². The second-order valence-corrected chi connectivity index (χ2v) is 6.94. The zero-order chi connectivity index (χ0) is 18.9. The standard InChI is InChI=1S/C22H27N3O2/c26-21(23-15-7-10-18-8-3-1-4-9-18)19-13-16-25(17-14-19)22(27)24-20-11-5-2-6-12-20/h1-6,8-9,11-12,19H,7,10,13-17H2,(H,23,26)(H,24,27). The Balaban J connectivity index is 1.34. The number of benzene rings is 2. The Morgan fingerprint density at radius 3 is 2.22 bits per heavy atom. The highest BCUT2D eigenvalue weighted by Gasteiger charge is 2.27. The maximum Gasteiger partial charge on any atom is 0.321 e. The maximum atomic E-state index is 12.3. The van der Waals surface area contributed by atoms with E-state index in [0.29, 0.717) is 32.5 Å². The van der Waals surface area contributed by atoms with Crippen molar-refractivity contribution < 1.29 is 9.59 Å². The van der Waals surface area contributed by atoms with E-state index in [9.17, 15) is 9.59 Å². The van der Waals surface area contributed by atoms with Crippen molar-refractivity contribution in [1.82, 2.24) is 10.2 Å². The average Bonchev–Trinajstić information content (AvgIpc) is 2.72. The number of piperidine rings is 1. The molecule has 3 amide bonds. The number of hydrogen-bond donors (Lipinski definition) is 2. The van der Waals surface area contributed by atoms with Gasteiger partial charge in [0.05, 0.1) is 0 Å². The van der Waals surface area contributed by atoms with Crippen LogP contribution >= 0.6 is 0 Å². The Hall–Kier alpha value is -2.82. The van der Waals surface area contributed by atoms with Gasteiger partial charge in [-0.2, -0.15) is 0 Å². The molecule has 27 heavy (non-hydrogen) atoms. The summed E-state index contributed by atoms with van der Waals surface area (Å²) in [5.41, 5.74) is 2.09. The lowest BCUT2D eigenvalue weighted by Crippen LogP contribution is -2.44. The lowest BCUT2D eigenvalue weighted by molar-refractivity contribution is -0.126. The molecule has 2 aromatic rings. The van der Waals surface area contributed by atoms with Crippen LogP contribution in [0.25, 0.3) is 0 Å². The van der Waals surface area contributed by atoms with Crippen LogP contribution < -0.4 is 10.6 Å². The van der Waals surface area contributed by atoms with E-state index < -0.39 is 0 Å². The van der Waals surface area contributed by atoms with E-state index in [1.165, 1.54) is 5.56 Å². The van der Waals surface area contributed by atoms with Crippen molar-refractivity contribution in [3.63, 3.8) is 0 Å². The van der Waals surface area contributed by atoms with E-state index in [1.807, 2.05) is 48.5 Å². The molecule has 0 radical (unpaired) electrons. The van der Waals surface area contributed by atoms with Gasteiger partial charge >= 0.3 is 6.03 Å². The van der Waals surface area contributed by atoms with Gasteiger partial charge in [0.25, 0.3) is 0 Å². The highest BCUT2D eigenvalue weighted by atomic mass is 16.2. The van der Waals surface area contributed by atoms with Crippen LogP contribution in [0, 0.1) is 5.92 Å².